The molecule has 3 rings (SSSR count). The summed E-state index contributed by atoms with van der Waals surface area (Å²) >= 11 is 1.33. The fraction of sp³-hybridized carbons (Fsp3) is 0.444. The van der Waals surface area contributed by atoms with Crippen molar-refractivity contribution in [3.05, 3.63) is 65.5 Å². The van der Waals surface area contributed by atoms with Gasteiger partial charge in [0.05, 0.1) is 17.9 Å². The number of amides is 3. The predicted octanol–water partition coefficient (Wildman–Crippen LogP) is 4.39. The molecule has 3 amide bonds. The van der Waals surface area contributed by atoms with Gasteiger partial charge in [-0.05, 0) is 55.5 Å². The largest absolute Gasteiger partial charge is 0.355 e. The number of benzene rings is 2. The van der Waals surface area contributed by atoms with Gasteiger partial charge >= 0.3 is 0 Å². The predicted molar refractivity (Wildman–Crippen MR) is 137 cm³/mol. The molecular formula is C27H34FN3O3S. The van der Waals surface area contributed by atoms with Gasteiger partial charge in [-0.2, -0.15) is 0 Å². The number of halogens is 1. The van der Waals surface area contributed by atoms with E-state index in [9.17, 15) is 18.8 Å². The van der Waals surface area contributed by atoms with Crippen molar-refractivity contribution in [2.45, 2.75) is 50.5 Å². The lowest BCUT2D eigenvalue weighted by Gasteiger charge is -2.22. The highest BCUT2D eigenvalue weighted by Crippen LogP contribution is 2.25. The maximum absolute atomic E-state index is 13.2. The van der Waals surface area contributed by atoms with Crippen LogP contribution in [0, 0.1) is 11.7 Å². The first-order valence-corrected chi connectivity index (χ1v) is 13.2. The minimum atomic E-state index is -0.332. The summed E-state index contributed by atoms with van der Waals surface area (Å²) in [6.45, 7) is 3.07. The Hall–Kier alpha value is -2.87. The Morgan fingerprint density at radius 1 is 0.971 bits per heavy atom. The summed E-state index contributed by atoms with van der Waals surface area (Å²) in [4.78, 5) is 40.2. The second-order valence-corrected chi connectivity index (χ2v) is 9.83. The molecule has 2 aromatic rings. The van der Waals surface area contributed by atoms with Gasteiger partial charge in [0, 0.05) is 24.5 Å². The molecule has 0 atom stereocenters. The van der Waals surface area contributed by atoms with Gasteiger partial charge in [-0.1, -0.05) is 43.5 Å². The minimum Gasteiger partial charge on any atom is -0.355 e. The highest BCUT2D eigenvalue weighted by Gasteiger charge is 2.21. The molecule has 1 saturated carbocycles. The normalized spacial score (nSPS) is 13.8. The molecular weight excluding hydrogens is 465 g/mol. The van der Waals surface area contributed by atoms with E-state index in [-0.39, 0.29) is 42.4 Å². The molecule has 8 heteroatoms. The third-order valence-electron chi connectivity index (χ3n) is 6.20. The van der Waals surface area contributed by atoms with Gasteiger partial charge in [0.1, 0.15) is 5.82 Å². The standard InChI is InChI=1S/C27H34FN3O3S/c1-2-31(18-25(32)29-17-21-12-14-22(28)15-13-21)27(34)23-10-6-7-11-24(23)35-19-26(33)30-16-20-8-4-3-5-9-20/h6-7,10-15,20H,2-5,8-9,16-19H2,1H3,(H,29,32)(H,30,33). The highest BCUT2D eigenvalue weighted by molar-refractivity contribution is 8.00. The first-order valence-electron chi connectivity index (χ1n) is 12.2. The molecule has 2 N–H and O–H groups in total. The van der Waals surface area contributed by atoms with Crippen LogP contribution in [-0.2, 0) is 16.1 Å². The Bertz CT molecular complexity index is 993. The number of thioether (sulfide) groups is 1. The molecule has 1 aliphatic rings. The summed E-state index contributed by atoms with van der Waals surface area (Å²) in [7, 11) is 0. The summed E-state index contributed by atoms with van der Waals surface area (Å²) in [5.41, 5.74) is 1.25. The van der Waals surface area contributed by atoms with E-state index in [2.05, 4.69) is 10.6 Å². The summed E-state index contributed by atoms with van der Waals surface area (Å²) in [5, 5.41) is 5.80. The lowest BCUT2D eigenvalue weighted by atomic mass is 9.89. The third-order valence-corrected chi connectivity index (χ3v) is 7.27. The number of nitrogens with zero attached hydrogens (tertiary/aromatic N) is 1. The van der Waals surface area contributed by atoms with Crippen LogP contribution in [0.5, 0.6) is 0 Å². The average molecular weight is 500 g/mol. The van der Waals surface area contributed by atoms with Crippen LogP contribution >= 0.6 is 11.8 Å². The second kappa shape index (κ2) is 13.9. The van der Waals surface area contributed by atoms with Crippen LogP contribution < -0.4 is 10.6 Å². The summed E-state index contributed by atoms with van der Waals surface area (Å²) in [5.74, 6) is -0.108. The zero-order valence-electron chi connectivity index (χ0n) is 20.2. The second-order valence-electron chi connectivity index (χ2n) is 8.82. The molecule has 6 nitrogen and oxygen atoms in total. The van der Waals surface area contributed by atoms with Crippen molar-refractivity contribution in [1.82, 2.24) is 15.5 Å². The van der Waals surface area contributed by atoms with Crippen LogP contribution in [0.15, 0.2) is 53.4 Å². The van der Waals surface area contributed by atoms with Crippen molar-refractivity contribution < 1.29 is 18.8 Å². The van der Waals surface area contributed by atoms with Crippen molar-refractivity contribution in [1.29, 1.82) is 0 Å². The molecule has 1 aliphatic carbocycles. The van der Waals surface area contributed by atoms with Gasteiger partial charge in [0.15, 0.2) is 0 Å². The molecule has 0 radical (unpaired) electrons. The number of hydrogen-bond acceptors (Lipinski definition) is 4. The maximum Gasteiger partial charge on any atom is 0.255 e. The van der Waals surface area contributed by atoms with E-state index in [1.54, 1.807) is 24.3 Å². The van der Waals surface area contributed by atoms with E-state index in [4.69, 9.17) is 0 Å². The topological polar surface area (TPSA) is 78.5 Å². The van der Waals surface area contributed by atoms with Crippen LogP contribution in [0.2, 0.25) is 0 Å². The Morgan fingerprint density at radius 3 is 2.40 bits per heavy atom. The van der Waals surface area contributed by atoms with Gasteiger partial charge in [0.25, 0.3) is 5.91 Å². The molecule has 1 fully saturated rings. The number of likely N-dealkylation sites (N-methyl/N-ethyl adjacent to an activating group) is 1. The van der Waals surface area contributed by atoms with E-state index in [0.717, 1.165) is 17.0 Å². The number of nitrogens with one attached hydrogen (secondary N) is 2. The zero-order chi connectivity index (χ0) is 25.0. The first-order chi connectivity index (χ1) is 17.0. The molecule has 0 spiro atoms. The lowest BCUT2D eigenvalue weighted by molar-refractivity contribution is -0.122. The lowest BCUT2D eigenvalue weighted by Crippen LogP contribution is -2.40. The fourth-order valence-corrected chi connectivity index (χ4v) is 5.02. The van der Waals surface area contributed by atoms with Crippen molar-refractivity contribution in [3.63, 3.8) is 0 Å². The maximum atomic E-state index is 13.2. The fourth-order valence-electron chi connectivity index (χ4n) is 4.14. The number of carbonyl (C=O) groups is 3. The van der Waals surface area contributed by atoms with Gasteiger partial charge in [-0.15, -0.1) is 11.8 Å². The number of carbonyl (C=O) groups excluding carboxylic acids is 3. The smallest absolute Gasteiger partial charge is 0.255 e. The van der Waals surface area contributed by atoms with Gasteiger partial charge in [0.2, 0.25) is 11.8 Å². The molecule has 0 bridgehead atoms. The number of hydrogen-bond donors (Lipinski definition) is 2. The SMILES string of the molecule is CCN(CC(=O)NCc1ccc(F)cc1)C(=O)c1ccccc1SCC(=O)NCC1CCCCC1. The summed E-state index contributed by atoms with van der Waals surface area (Å²) in [6.07, 6.45) is 6.12. The molecule has 0 heterocycles. The van der Waals surface area contributed by atoms with E-state index in [1.165, 1.54) is 60.9 Å². The molecule has 0 unspecified atom stereocenters. The molecule has 35 heavy (non-hydrogen) atoms. The zero-order valence-corrected chi connectivity index (χ0v) is 21.0. The monoisotopic (exact) mass is 499 g/mol. The van der Waals surface area contributed by atoms with Crippen LogP contribution in [0.25, 0.3) is 0 Å². The van der Waals surface area contributed by atoms with Crippen LogP contribution in [0.1, 0.15) is 54.9 Å². The minimum absolute atomic E-state index is 0.0321. The van der Waals surface area contributed by atoms with Crippen LogP contribution in [-0.4, -0.2) is 48.0 Å². The Balaban J connectivity index is 1.51. The van der Waals surface area contributed by atoms with E-state index in [1.807, 2.05) is 19.1 Å². The van der Waals surface area contributed by atoms with Crippen LogP contribution in [0.3, 0.4) is 0 Å². The van der Waals surface area contributed by atoms with Crippen molar-refractivity contribution in [3.8, 4) is 0 Å². The molecule has 0 saturated heterocycles. The third kappa shape index (κ3) is 8.69. The molecule has 0 aromatic heterocycles. The Labute approximate surface area is 211 Å². The van der Waals surface area contributed by atoms with Gasteiger partial charge in [-0.3, -0.25) is 14.4 Å². The Morgan fingerprint density at radius 2 is 1.69 bits per heavy atom. The molecule has 188 valence electrons. The first kappa shape index (κ1) is 26.7. The van der Waals surface area contributed by atoms with Crippen molar-refractivity contribution in [2.75, 3.05) is 25.4 Å². The number of rotatable bonds is 11. The van der Waals surface area contributed by atoms with E-state index >= 15 is 0 Å². The van der Waals surface area contributed by atoms with Crippen molar-refractivity contribution >= 4 is 29.5 Å². The van der Waals surface area contributed by atoms with Gasteiger partial charge < -0.3 is 15.5 Å². The quantitative estimate of drug-likeness (QED) is 0.450. The molecule has 0 aliphatic heterocycles. The van der Waals surface area contributed by atoms with Crippen LogP contribution in [0.4, 0.5) is 4.39 Å². The van der Waals surface area contributed by atoms with Crippen molar-refractivity contribution in [2.24, 2.45) is 5.92 Å². The van der Waals surface area contributed by atoms with E-state index in [0.29, 0.717) is 18.0 Å². The molecule has 2 aromatic carbocycles. The summed E-state index contributed by atoms with van der Waals surface area (Å²) < 4.78 is 13.0. The highest BCUT2D eigenvalue weighted by atomic mass is 32.2. The van der Waals surface area contributed by atoms with Gasteiger partial charge in [-0.25, -0.2) is 4.39 Å². The van der Waals surface area contributed by atoms with E-state index < -0.39 is 0 Å². The summed E-state index contributed by atoms with van der Waals surface area (Å²) in [6, 6.07) is 13.1. The average Bonchev–Trinajstić information content (AvgIpc) is 2.89. The Kier molecular flexibility index (Phi) is 10.6.